The van der Waals surface area contributed by atoms with Crippen molar-refractivity contribution in [3.63, 3.8) is 0 Å². The van der Waals surface area contributed by atoms with Gasteiger partial charge in [-0.05, 0) is 54.3 Å². The summed E-state index contributed by atoms with van der Waals surface area (Å²) in [7, 11) is 4.03. The van der Waals surface area contributed by atoms with Crippen LogP contribution in [0.25, 0.3) is 6.08 Å². The minimum absolute atomic E-state index is 0.111. The number of amides is 1. The molecule has 0 aliphatic carbocycles. The summed E-state index contributed by atoms with van der Waals surface area (Å²) in [6, 6.07) is 8.20. The quantitative estimate of drug-likeness (QED) is 0.779. The van der Waals surface area contributed by atoms with Crippen LogP contribution in [0.3, 0.4) is 0 Å². The van der Waals surface area contributed by atoms with Crippen molar-refractivity contribution in [3.8, 4) is 0 Å². The summed E-state index contributed by atoms with van der Waals surface area (Å²) < 4.78 is 0. The van der Waals surface area contributed by atoms with E-state index in [1.807, 2.05) is 32.3 Å². The number of anilines is 1. The standard InChI is InChI=1S/C18H23N3OS/c1-13-5-4-10-21(12-13)18-19-17(22)16(23-18)11-14-6-8-15(9-7-14)20(2)3/h6-9,11,13H,4-5,10,12H2,1-3H3/b16-11-/t13-/m1/s1. The Morgan fingerprint density at radius 2 is 2.04 bits per heavy atom. The van der Waals surface area contributed by atoms with Crippen LogP contribution in [0.15, 0.2) is 34.2 Å². The number of amidine groups is 1. The number of thioether (sulfide) groups is 1. The molecule has 2 aliphatic rings. The summed E-state index contributed by atoms with van der Waals surface area (Å²) in [5.41, 5.74) is 2.19. The van der Waals surface area contributed by atoms with Crippen molar-refractivity contribution in [3.05, 3.63) is 34.7 Å². The summed E-state index contributed by atoms with van der Waals surface area (Å²) in [5, 5.41) is 0.873. The number of nitrogens with zero attached hydrogens (tertiary/aromatic N) is 3. The molecule has 23 heavy (non-hydrogen) atoms. The van der Waals surface area contributed by atoms with Crippen molar-refractivity contribution in [1.29, 1.82) is 0 Å². The number of benzene rings is 1. The number of carbonyl (C=O) groups is 1. The van der Waals surface area contributed by atoms with Gasteiger partial charge in [0.25, 0.3) is 5.91 Å². The summed E-state index contributed by atoms with van der Waals surface area (Å²) in [6.07, 6.45) is 4.39. The molecule has 0 bridgehead atoms. The molecule has 0 N–H and O–H groups in total. The van der Waals surface area contributed by atoms with Gasteiger partial charge in [0.1, 0.15) is 0 Å². The third kappa shape index (κ3) is 3.78. The average Bonchev–Trinajstić information content (AvgIpc) is 2.89. The molecule has 0 saturated carbocycles. The van der Waals surface area contributed by atoms with Crippen molar-refractivity contribution in [2.45, 2.75) is 19.8 Å². The number of piperidine rings is 1. The summed E-state index contributed by atoms with van der Waals surface area (Å²) in [5.74, 6) is 0.564. The SMILES string of the molecule is C[C@@H]1CCCN(C2=NC(=O)/C(=C/c3ccc(N(C)C)cc3)S2)C1. The van der Waals surface area contributed by atoms with Crippen LogP contribution in [-0.2, 0) is 4.79 Å². The first kappa shape index (κ1) is 16.1. The van der Waals surface area contributed by atoms with Crippen LogP contribution in [0, 0.1) is 5.92 Å². The zero-order valence-electron chi connectivity index (χ0n) is 14.0. The van der Waals surface area contributed by atoms with Crippen LogP contribution in [-0.4, -0.2) is 43.2 Å². The number of carbonyl (C=O) groups excluding carboxylic acids is 1. The molecule has 0 aromatic heterocycles. The highest BCUT2D eigenvalue weighted by molar-refractivity contribution is 8.18. The van der Waals surface area contributed by atoms with Crippen LogP contribution in [0.4, 0.5) is 5.69 Å². The normalized spacial score (nSPS) is 23.3. The highest BCUT2D eigenvalue weighted by Crippen LogP contribution is 2.32. The number of hydrogen-bond donors (Lipinski definition) is 0. The van der Waals surface area contributed by atoms with Gasteiger partial charge in [-0.3, -0.25) is 4.79 Å². The van der Waals surface area contributed by atoms with Gasteiger partial charge in [0.15, 0.2) is 5.17 Å². The Labute approximate surface area is 142 Å². The number of rotatable bonds is 2. The third-order valence-electron chi connectivity index (χ3n) is 4.24. The Hall–Kier alpha value is -1.75. The molecule has 1 aromatic rings. The fourth-order valence-corrected chi connectivity index (χ4v) is 3.86. The minimum Gasteiger partial charge on any atom is -0.378 e. The highest BCUT2D eigenvalue weighted by atomic mass is 32.2. The van der Waals surface area contributed by atoms with Gasteiger partial charge in [0, 0.05) is 32.9 Å². The lowest BCUT2D eigenvalue weighted by Gasteiger charge is -2.31. The van der Waals surface area contributed by atoms with E-state index >= 15 is 0 Å². The molecule has 1 atom stereocenters. The Bertz CT molecular complexity index is 649. The molecule has 0 radical (unpaired) electrons. The molecular weight excluding hydrogens is 306 g/mol. The topological polar surface area (TPSA) is 35.9 Å². The molecule has 1 aromatic carbocycles. The maximum Gasteiger partial charge on any atom is 0.286 e. The predicted octanol–water partition coefficient (Wildman–Crippen LogP) is 3.45. The van der Waals surface area contributed by atoms with E-state index in [4.69, 9.17) is 0 Å². The second-order valence-corrected chi connectivity index (χ2v) is 7.50. The molecule has 1 amide bonds. The maximum absolute atomic E-state index is 12.2. The van der Waals surface area contributed by atoms with E-state index in [0.29, 0.717) is 5.92 Å². The molecule has 1 saturated heterocycles. The van der Waals surface area contributed by atoms with Gasteiger partial charge in [0.05, 0.1) is 4.91 Å². The Kier molecular flexibility index (Phi) is 4.76. The Morgan fingerprint density at radius 3 is 2.70 bits per heavy atom. The second-order valence-electron chi connectivity index (χ2n) is 6.49. The van der Waals surface area contributed by atoms with Crippen LogP contribution in [0.1, 0.15) is 25.3 Å². The Morgan fingerprint density at radius 1 is 1.30 bits per heavy atom. The zero-order chi connectivity index (χ0) is 16.4. The zero-order valence-corrected chi connectivity index (χ0v) is 14.8. The van der Waals surface area contributed by atoms with E-state index in [9.17, 15) is 4.79 Å². The van der Waals surface area contributed by atoms with E-state index in [1.165, 1.54) is 24.6 Å². The Balaban J connectivity index is 1.71. The van der Waals surface area contributed by atoms with Crippen molar-refractivity contribution < 1.29 is 4.79 Å². The van der Waals surface area contributed by atoms with Crippen molar-refractivity contribution in [2.75, 3.05) is 32.1 Å². The van der Waals surface area contributed by atoms with E-state index in [2.05, 4.69) is 33.8 Å². The predicted molar refractivity (Wildman–Crippen MR) is 98.8 cm³/mol. The fraction of sp³-hybridized carbons (Fsp3) is 0.444. The fourth-order valence-electron chi connectivity index (χ4n) is 2.92. The molecule has 2 aliphatic heterocycles. The first-order valence-electron chi connectivity index (χ1n) is 8.08. The molecule has 5 heteroatoms. The van der Waals surface area contributed by atoms with Gasteiger partial charge < -0.3 is 9.80 Å². The smallest absolute Gasteiger partial charge is 0.286 e. The largest absolute Gasteiger partial charge is 0.378 e. The van der Waals surface area contributed by atoms with Crippen LogP contribution >= 0.6 is 11.8 Å². The van der Waals surface area contributed by atoms with Gasteiger partial charge in [-0.2, -0.15) is 4.99 Å². The number of hydrogen-bond acceptors (Lipinski definition) is 4. The van der Waals surface area contributed by atoms with Gasteiger partial charge in [-0.25, -0.2) is 0 Å². The van der Waals surface area contributed by atoms with Gasteiger partial charge in [0.2, 0.25) is 0 Å². The third-order valence-corrected chi connectivity index (χ3v) is 5.29. The summed E-state index contributed by atoms with van der Waals surface area (Å²) in [4.78, 5) is 21.5. The molecule has 1 fully saturated rings. The number of aliphatic imine (C=N–C) groups is 1. The molecule has 4 nitrogen and oxygen atoms in total. The summed E-state index contributed by atoms with van der Waals surface area (Å²) >= 11 is 1.51. The molecule has 3 rings (SSSR count). The van der Waals surface area contributed by atoms with Gasteiger partial charge >= 0.3 is 0 Å². The van der Waals surface area contributed by atoms with Crippen molar-refractivity contribution in [1.82, 2.24) is 4.90 Å². The van der Waals surface area contributed by atoms with Gasteiger partial charge in [-0.15, -0.1) is 0 Å². The van der Waals surface area contributed by atoms with E-state index in [0.717, 1.165) is 34.4 Å². The lowest BCUT2D eigenvalue weighted by Crippen LogP contribution is -2.37. The first-order chi connectivity index (χ1) is 11.0. The van der Waals surface area contributed by atoms with Crippen molar-refractivity contribution >= 4 is 34.6 Å². The minimum atomic E-state index is -0.111. The lowest BCUT2D eigenvalue weighted by molar-refractivity contribution is -0.113. The van der Waals surface area contributed by atoms with Crippen LogP contribution in [0.5, 0.6) is 0 Å². The highest BCUT2D eigenvalue weighted by Gasteiger charge is 2.28. The first-order valence-corrected chi connectivity index (χ1v) is 8.89. The average molecular weight is 329 g/mol. The molecule has 0 spiro atoms. The molecule has 122 valence electrons. The molecule has 0 unspecified atom stereocenters. The van der Waals surface area contributed by atoms with E-state index in [1.54, 1.807) is 0 Å². The number of likely N-dealkylation sites (tertiary alicyclic amines) is 1. The second kappa shape index (κ2) is 6.79. The van der Waals surface area contributed by atoms with Crippen LogP contribution < -0.4 is 4.90 Å². The van der Waals surface area contributed by atoms with E-state index in [-0.39, 0.29) is 5.91 Å². The monoisotopic (exact) mass is 329 g/mol. The lowest BCUT2D eigenvalue weighted by atomic mass is 10.0. The van der Waals surface area contributed by atoms with Crippen LogP contribution in [0.2, 0.25) is 0 Å². The van der Waals surface area contributed by atoms with Crippen molar-refractivity contribution in [2.24, 2.45) is 10.9 Å². The molecule has 2 heterocycles. The summed E-state index contributed by atoms with van der Waals surface area (Å²) in [6.45, 7) is 4.27. The van der Waals surface area contributed by atoms with E-state index < -0.39 is 0 Å². The van der Waals surface area contributed by atoms with Gasteiger partial charge in [-0.1, -0.05) is 19.1 Å². The molecular formula is C18H23N3OS. The maximum atomic E-state index is 12.2.